The third-order valence-corrected chi connectivity index (χ3v) is 5.57. The number of fused-ring (bicyclic) bond motifs is 1. The minimum Gasteiger partial charge on any atom is -0.345 e. The van der Waals surface area contributed by atoms with E-state index in [9.17, 15) is 0 Å². The second-order valence-electron chi connectivity index (χ2n) is 6.84. The summed E-state index contributed by atoms with van der Waals surface area (Å²) < 4.78 is 0. The standard InChI is InChI=1S/C15H20N4S.C3H6.H3N/c1-2-11(1)13-10-17-15-14(18-13)12(9-16-15)3-4-19-5-7-20-8-6-19;1-2-3-1;/h9-11H,1-8H2,(H,16,17);1-3H2;1H3. The quantitative estimate of drug-likeness (QED) is 0.880. The van der Waals surface area contributed by atoms with Crippen molar-refractivity contribution in [1.29, 1.82) is 0 Å². The number of aromatic amines is 1. The maximum Gasteiger partial charge on any atom is 0.156 e. The van der Waals surface area contributed by atoms with Gasteiger partial charge in [0.1, 0.15) is 5.52 Å². The van der Waals surface area contributed by atoms with Crippen LogP contribution in [0.1, 0.15) is 49.3 Å². The summed E-state index contributed by atoms with van der Waals surface area (Å²) in [4.78, 5) is 15.2. The van der Waals surface area contributed by atoms with E-state index in [1.165, 1.54) is 68.0 Å². The predicted molar refractivity (Wildman–Crippen MR) is 102 cm³/mol. The monoisotopic (exact) mass is 347 g/mol. The highest BCUT2D eigenvalue weighted by molar-refractivity contribution is 7.99. The molecule has 4 N–H and O–H groups in total. The van der Waals surface area contributed by atoms with Crippen molar-refractivity contribution in [3.05, 3.63) is 23.7 Å². The summed E-state index contributed by atoms with van der Waals surface area (Å²) in [5.74, 6) is 3.23. The summed E-state index contributed by atoms with van der Waals surface area (Å²) in [6.45, 7) is 3.60. The van der Waals surface area contributed by atoms with E-state index in [0.29, 0.717) is 5.92 Å². The highest BCUT2D eigenvalue weighted by atomic mass is 32.2. The van der Waals surface area contributed by atoms with Crippen molar-refractivity contribution in [1.82, 2.24) is 26.0 Å². The molecular weight excluding hydrogens is 318 g/mol. The average molecular weight is 348 g/mol. The van der Waals surface area contributed by atoms with Crippen LogP contribution >= 0.6 is 11.8 Å². The Labute approximate surface area is 148 Å². The Morgan fingerprint density at radius 3 is 2.58 bits per heavy atom. The van der Waals surface area contributed by atoms with Gasteiger partial charge in [-0.05, 0) is 24.8 Å². The molecule has 132 valence electrons. The lowest BCUT2D eigenvalue weighted by molar-refractivity contribution is 0.307. The molecule has 0 amide bonds. The van der Waals surface area contributed by atoms with E-state index >= 15 is 0 Å². The molecular formula is C18H29N5S. The fraction of sp³-hybridized carbons (Fsp3) is 0.667. The first-order chi connectivity index (χ1) is 11.4. The largest absolute Gasteiger partial charge is 0.345 e. The second kappa shape index (κ2) is 8.32. The summed E-state index contributed by atoms with van der Waals surface area (Å²) in [5.41, 5.74) is 4.56. The summed E-state index contributed by atoms with van der Waals surface area (Å²) >= 11 is 2.07. The Bertz CT molecular complexity index is 641. The van der Waals surface area contributed by atoms with Crippen LogP contribution in [0.3, 0.4) is 0 Å². The number of thioether (sulfide) groups is 1. The molecule has 0 spiro atoms. The first kappa shape index (κ1) is 17.7. The van der Waals surface area contributed by atoms with Crippen molar-refractivity contribution in [3.8, 4) is 0 Å². The number of aromatic nitrogens is 3. The highest BCUT2D eigenvalue weighted by Gasteiger charge is 2.26. The molecule has 1 saturated heterocycles. The first-order valence-corrected chi connectivity index (χ1v) is 10.2. The van der Waals surface area contributed by atoms with Crippen LogP contribution in [0, 0.1) is 0 Å². The van der Waals surface area contributed by atoms with Gasteiger partial charge in [-0.1, -0.05) is 19.3 Å². The number of rotatable bonds is 4. The Morgan fingerprint density at radius 2 is 1.92 bits per heavy atom. The molecule has 2 aliphatic carbocycles. The highest BCUT2D eigenvalue weighted by Crippen LogP contribution is 2.39. The molecule has 0 bridgehead atoms. The molecule has 1 aliphatic heterocycles. The van der Waals surface area contributed by atoms with E-state index in [4.69, 9.17) is 4.98 Å². The third-order valence-electron chi connectivity index (χ3n) is 4.63. The lowest BCUT2D eigenvalue weighted by Gasteiger charge is -2.25. The molecule has 5 rings (SSSR count). The number of nitrogens with zero attached hydrogens (tertiary/aromatic N) is 3. The Kier molecular flexibility index (Phi) is 6.14. The van der Waals surface area contributed by atoms with Crippen LogP contribution < -0.4 is 6.15 Å². The molecule has 24 heavy (non-hydrogen) atoms. The zero-order chi connectivity index (χ0) is 15.5. The van der Waals surface area contributed by atoms with Crippen LogP contribution in [0.2, 0.25) is 0 Å². The molecule has 2 aromatic heterocycles. The average Bonchev–Trinajstić information content (AvgIpc) is 3.49. The summed E-state index contributed by atoms with van der Waals surface area (Å²) in [6.07, 6.45) is 12.2. The van der Waals surface area contributed by atoms with Gasteiger partial charge in [-0.3, -0.25) is 0 Å². The maximum atomic E-state index is 4.84. The van der Waals surface area contributed by atoms with Gasteiger partial charge in [0.25, 0.3) is 0 Å². The van der Waals surface area contributed by atoms with Gasteiger partial charge in [0.2, 0.25) is 0 Å². The van der Waals surface area contributed by atoms with Crippen molar-refractivity contribution < 1.29 is 0 Å². The lowest BCUT2D eigenvalue weighted by Crippen LogP contribution is -2.34. The van der Waals surface area contributed by atoms with Crippen LogP contribution in [0.25, 0.3) is 11.2 Å². The molecule has 3 fully saturated rings. The number of hydrogen-bond acceptors (Lipinski definition) is 5. The van der Waals surface area contributed by atoms with Crippen molar-refractivity contribution in [2.24, 2.45) is 0 Å². The van der Waals surface area contributed by atoms with Crippen molar-refractivity contribution in [2.45, 2.75) is 44.4 Å². The van der Waals surface area contributed by atoms with E-state index in [2.05, 4.69) is 32.8 Å². The fourth-order valence-electron chi connectivity index (χ4n) is 2.83. The molecule has 0 unspecified atom stereocenters. The van der Waals surface area contributed by atoms with Crippen LogP contribution in [0.5, 0.6) is 0 Å². The number of hydrogen-bond donors (Lipinski definition) is 2. The molecule has 3 aliphatic rings. The molecule has 6 heteroatoms. The van der Waals surface area contributed by atoms with E-state index in [1.54, 1.807) is 0 Å². The zero-order valence-electron chi connectivity index (χ0n) is 14.5. The maximum absolute atomic E-state index is 4.84. The van der Waals surface area contributed by atoms with Gasteiger partial charge in [-0.25, -0.2) is 9.97 Å². The summed E-state index contributed by atoms with van der Waals surface area (Å²) in [5, 5.41) is 0. The Morgan fingerprint density at radius 1 is 1.17 bits per heavy atom. The lowest BCUT2D eigenvalue weighted by atomic mass is 10.2. The van der Waals surface area contributed by atoms with Crippen LogP contribution in [0.15, 0.2) is 12.4 Å². The topological polar surface area (TPSA) is 79.8 Å². The molecule has 5 nitrogen and oxygen atoms in total. The van der Waals surface area contributed by atoms with E-state index in [-0.39, 0.29) is 6.15 Å². The van der Waals surface area contributed by atoms with Crippen LogP contribution in [-0.2, 0) is 6.42 Å². The molecule has 0 radical (unpaired) electrons. The minimum absolute atomic E-state index is 0. The van der Waals surface area contributed by atoms with Crippen LogP contribution in [-0.4, -0.2) is 51.0 Å². The van der Waals surface area contributed by atoms with Gasteiger partial charge in [-0.2, -0.15) is 11.8 Å². The summed E-state index contributed by atoms with van der Waals surface area (Å²) in [6, 6.07) is 0. The Hall–Kier alpha value is -1.11. The molecule has 3 heterocycles. The Balaban J connectivity index is 0.000000383. The zero-order valence-corrected chi connectivity index (χ0v) is 15.3. The molecule has 0 atom stereocenters. The van der Waals surface area contributed by atoms with E-state index in [1.807, 2.05) is 6.20 Å². The van der Waals surface area contributed by atoms with Gasteiger partial charge in [0.05, 0.1) is 11.9 Å². The van der Waals surface area contributed by atoms with Gasteiger partial charge >= 0.3 is 0 Å². The molecule has 0 aromatic carbocycles. The SMILES string of the molecule is C1CC1.N.c1nc2[nH]cc(CCN3CCSCC3)c2nc1C1CC1. The van der Waals surface area contributed by atoms with E-state index in [0.717, 1.165) is 24.1 Å². The van der Waals surface area contributed by atoms with Crippen molar-refractivity contribution in [3.63, 3.8) is 0 Å². The number of nitrogens with one attached hydrogen (secondary N) is 1. The fourth-order valence-corrected chi connectivity index (χ4v) is 3.80. The van der Waals surface area contributed by atoms with Gasteiger partial charge in [0.15, 0.2) is 5.65 Å². The van der Waals surface area contributed by atoms with Crippen molar-refractivity contribution >= 4 is 22.9 Å². The number of H-pyrrole nitrogens is 1. The van der Waals surface area contributed by atoms with E-state index < -0.39 is 0 Å². The second-order valence-corrected chi connectivity index (χ2v) is 8.07. The smallest absolute Gasteiger partial charge is 0.156 e. The van der Waals surface area contributed by atoms with Gasteiger partial charge in [-0.15, -0.1) is 0 Å². The first-order valence-electron chi connectivity index (χ1n) is 9.03. The predicted octanol–water partition coefficient (Wildman–Crippen LogP) is 3.76. The van der Waals surface area contributed by atoms with Crippen molar-refractivity contribution in [2.75, 3.05) is 31.1 Å². The molecule has 2 aromatic rings. The third kappa shape index (κ3) is 4.71. The minimum atomic E-state index is 0. The van der Waals surface area contributed by atoms with Gasteiger partial charge in [0, 0.05) is 43.3 Å². The summed E-state index contributed by atoms with van der Waals surface area (Å²) in [7, 11) is 0. The molecule has 2 saturated carbocycles. The van der Waals surface area contributed by atoms with Crippen LogP contribution in [0.4, 0.5) is 0 Å². The van der Waals surface area contributed by atoms with Gasteiger partial charge < -0.3 is 16.0 Å². The normalized spacial score (nSPS) is 20.2.